The molecule has 0 radical (unpaired) electrons. The van der Waals surface area contributed by atoms with Crippen LogP contribution in [0.4, 0.5) is 0 Å². The molecule has 1 aliphatic rings. The van der Waals surface area contributed by atoms with Crippen molar-refractivity contribution in [3.63, 3.8) is 0 Å². The summed E-state index contributed by atoms with van der Waals surface area (Å²) in [7, 11) is -1.48. The topological polar surface area (TPSA) is 75.3 Å². The number of rotatable bonds is 4. The predicted molar refractivity (Wildman–Crippen MR) is 112 cm³/mol. The summed E-state index contributed by atoms with van der Waals surface area (Å²) >= 11 is 0. The van der Waals surface area contributed by atoms with E-state index in [2.05, 4.69) is 29.0 Å². The van der Waals surface area contributed by atoms with Crippen molar-refractivity contribution in [2.75, 3.05) is 26.5 Å². The van der Waals surface area contributed by atoms with Gasteiger partial charge in [-0.15, -0.1) is 0 Å². The molecule has 0 saturated heterocycles. The minimum absolute atomic E-state index is 0.398. The van der Waals surface area contributed by atoms with Gasteiger partial charge in [-0.1, -0.05) is 17.7 Å². The van der Waals surface area contributed by atoms with Crippen LogP contribution in [-0.2, 0) is 10.0 Å². The lowest BCUT2D eigenvalue weighted by Crippen LogP contribution is -2.33. The maximum atomic E-state index is 11.7. The Morgan fingerprint density at radius 1 is 1.18 bits per heavy atom. The average molecular weight is 398 g/mol. The van der Waals surface area contributed by atoms with Gasteiger partial charge in [-0.2, -0.15) is 4.31 Å². The summed E-state index contributed by atoms with van der Waals surface area (Å²) in [5.41, 5.74) is 6.15. The summed E-state index contributed by atoms with van der Waals surface area (Å²) in [4.78, 5) is 7.88. The van der Waals surface area contributed by atoms with Gasteiger partial charge in [-0.05, 0) is 48.7 Å². The molecule has 3 aromatic rings. The van der Waals surface area contributed by atoms with Crippen molar-refractivity contribution in [3.05, 3.63) is 53.9 Å². The van der Waals surface area contributed by atoms with Crippen molar-refractivity contribution in [1.29, 1.82) is 0 Å². The minimum Gasteiger partial charge on any atom is -0.496 e. The normalized spacial score (nSPS) is 15.6. The van der Waals surface area contributed by atoms with E-state index in [4.69, 9.17) is 4.74 Å². The maximum Gasteiger partial charge on any atom is 0.211 e. The van der Waals surface area contributed by atoms with Crippen LogP contribution in [-0.4, -0.2) is 49.1 Å². The van der Waals surface area contributed by atoms with Crippen LogP contribution >= 0.6 is 0 Å². The van der Waals surface area contributed by atoms with Crippen LogP contribution in [0.25, 0.3) is 27.7 Å². The molecule has 0 amide bonds. The predicted octanol–water partition coefficient (Wildman–Crippen LogP) is 3.60. The van der Waals surface area contributed by atoms with Gasteiger partial charge < -0.3 is 9.72 Å². The second-order valence-electron chi connectivity index (χ2n) is 7.11. The second kappa shape index (κ2) is 7.07. The quantitative estimate of drug-likeness (QED) is 0.730. The molecular weight excluding hydrogens is 374 g/mol. The zero-order valence-electron chi connectivity index (χ0n) is 16.2. The molecular formula is C21H23N3O3S. The molecule has 0 saturated carbocycles. The Bertz CT molecular complexity index is 1180. The smallest absolute Gasteiger partial charge is 0.211 e. The molecule has 0 spiro atoms. The first-order valence-electron chi connectivity index (χ1n) is 9.14. The highest BCUT2D eigenvalue weighted by molar-refractivity contribution is 7.88. The summed E-state index contributed by atoms with van der Waals surface area (Å²) in [6.45, 7) is 2.95. The van der Waals surface area contributed by atoms with Crippen molar-refractivity contribution < 1.29 is 13.2 Å². The molecule has 6 nitrogen and oxygen atoms in total. The maximum absolute atomic E-state index is 11.7. The van der Waals surface area contributed by atoms with E-state index in [0.717, 1.165) is 44.7 Å². The van der Waals surface area contributed by atoms with E-state index in [1.807, 2.05) is 24.3 Å². The largest absolute Gasteiger partial charge is 0.496 e. The van der Waals surface area contributed by atoms with Gasteiger partial charge in [0.25, 0.3) is 0 Å². The van der Waals surface area contributed by atoms with Crippen LogP contribution in [0, 0.1) is 6.92 Å². The van der Waals surface area contributed by atoms with E-state index < -0.39 is 10.0 Å². The lowest BCUT2D eigenvalue weighted by molar-refractivity contribution is 0.416. The van der Waals surface area contributed by atoms with Gasteiger partial charge in [0.15, 0.2) is 0 Å². The number of pyridine rings is 1. The van der Waals surface area contributed by atoms with Gasteiger partial charge in [0.05, 0.1) is 13.4 Å². The number of nitrogens with one attached hydrogen (secondary N) is 1. The first-order valence-corrected chi connectivity index (χ1v) is 11.0. The number of ether oxygens (including phenoxy) is 1. The molecule has 4 rings (SSSR count). The van der Waals surface area contributed by atoms with Gasteiger partial charge in [0.2, 0.25) is 10.0 Å². The second-order valence-corrected chi connectivity index (χ2v) is 9.09. The van der Waals surface area contributed by atoms with Crippen molar-refractivity contribution in [3.8, 4) is 16.9 Å². The number of aromatic amines is 1. The van der Waals surface area contributed by atoms with Gasteiger partial charge in [-0.3, -0.25) is 0 Å². The van der Waals surface area contributed by atoms with E-state index >= 15 is 0 Å². The summed E-state index contributed by atoms with van der Waals surface area (Å²) < 4.78 is 30.5. The summed E-state index contributed by atoms with van der Waals surface area (Å²) in [6.07, 6.45) is 5.69. The molecule has 0 fully saturated rings. The number of hydrogen-bond donors (Lipinski definition) is 1. The van der Waals surface area contributed by atoms with Crippen LogP contribution < -0.4 is 4.74 Å². The fourth-order valence-corrected chi connectivity index (χ4v) is 4.43. The zero-order chi connectivity index (χ0) is 19.9. The number of sulfonamides is 1. The number of aromatic nitrogens is 2. The van der Waals surface area contributed by atoms with E-state index in [-0.39, 0.29) is 0 Å². The minimum atomic E-state index is -3.16. The van der Waals surface area contributed by atoms with Gasteiger partial charge >= 0.3 is 0 Å². The summed E-state index contributed by atoms with van der Waals surface area (Å²) in [5.74, 6) is 0.821. The molecule has 7 heteroatoms. The molecule has 28 heavy (non-hydrogen) atoms. The molecule has 1 aromatic carbocycles. The number of fused-ring (bicyclic) bond motifs is 1. The van der Waals surface area contributed by atoms with Crippen molar-refractivity contribution in [1.82, 2.24) is 14.3 Å². The van der Waals surface area contributed by atoms with Crippen LogP contribution in [0.5, 0.6) is 5.75 Å². The first-order chi connectivity index (χ1) is 13.4. The van der Waals surface area contributed by atoms with Crippen LogP contribution in [0.1, 0.15) is 17.7 Å². The molecule has 1 aliphatic heterocycles. The Balaban J connectivity index is 1.77. The third-order valence-electron chi connectivity index (χ3n) is 5.16. The van der Waals surface area contributed by atoms with Crippen molar-refractivity contribution in [2.45, 2.75) is 13.3 Å². The van der Waals surface area contributed by atoms with Gasteiger partial charge in [0, 0.05) is 35.9 Å². The van der Waals surface area contributed by atoms with Gasteiger partial charge in [-0.25, -0.2) is 13.4 Å². The number of aryl methyl sites for hydroxylation is 1. The number of nitrogens with zero attached hydrogens (tertiary/aromatic N) is 2. The van der Waals surface area contributed by atoms with E-state index in [1.165, 1.54) is 10.6 Å². The Labute approximate surface area is 164 Å². The fraction of sp³-hybridized carbons (Fsp3) is 0.286. The highest BCUT2D eigenvalue weighted by Crippen LogP contribution is 2.36. The number of methoxy groups -OCH3 is 1. The van der Waals surface area contributed by atoms with E-state index in [1.54, 1.807) is 13.3 Å². The summed E-state index contributed by atoms with van der Waals surface area (Å²) in [6, 6.07) is 10.2. The standard InChI is InChI=1S/C21H23N3O3S/c1-14-4-5-20(27-2)17(12-14)16-6-9-22-21-18(16)13-19(23-21)15-7-10-24(11-8-15)28(3,25)26/h4-7,9,12-13H,8,10-11H2,1-3H3,(H,22,23). The number of benzene rings is 1. The molecule has 3 heterocycles. The third kappa shape index (κ3) is 3.43. The third-order valence-corrected chi connectivity index (χ3v) is 6.43. The molecule has 2 aromatic heterocycles. The lowest BCUT2D eigenvalue weighted by Gasteiger charge is -2.23. The molecule has 0 atom stereocenters. The first kappa shape index (κ1) is 18.7. The highest BCUT2D eigenvalue weighted by Gasteiger charge is 2.21. The average Bonchev–Trinajstić information content (AvgIpc) is 3.11. The van der Waals surface area contributed by atoms with E-state index in [0.29, 0.717) is 19.5 Å². The van der Waals surface area contributed by atoms with Crippen LogP contribution in [0.15, 0.2) is 42.6 Å². The van der Waals surface area contributed by atoms with Crippen LogP contribution in [0.2, 0.25) is 0 Å². The van der Waals surface area contributed by atoms with Gasteiger partial charge in [0.1, 0.15) is 11.4 Å². The Kier molecular flexibility index (Phi) is 4.72. The lowest BCUT2D eigenvalue weighted by atomic mass is 10.00. The molecule has 0 unspecified atom stereocenters. The fourth-order valence-electron chi connectivity index (χ4n) is 3.66. The van der Waals surface area contributed by atoms with Crippen molar-refractivity contribution >= 4 is 26.6 Å². The monoisotopic (exact) mass is 397 g/mol. The van der Waals surface area contributed by atoms with E-state index in [9.17, 15) is 8.42 Å². The molecule has 0 bridgehead atoms. The number of H-pyrrole nitrogens is 1. The van der Waals surface area contributed by atoms with Crippen molar-refractivity contribution in [2.24, 2.45) is 0 Å². The Hall–Kier alpha value is -2.64. The molecule has 0 aliphatic carbocycles. The van der Waals surface area contributed by atoms with Crippen LogP contribution in [0.3, 0.4) is 0 Å². The Morgan fingerprint density at radius 2 is 2.00 bits per heavy atom. The highest BCUT2D eigenvalue weighted by atomic mass is 32.2. The number of hydrogen-bond acceptors (Lipinski definition) is 4. The zero-order valence-corrected chi connectivity index (χ0v) is 17.0. The molecule has 1 N–H and O–H groups in total. The summed E-state index contributed by atoms with van der Waals surface area (Å²) in [5, 5.41) is 1.02. The molecule has 146 valence electrons. The SMILES string of the molecule is COc1ccc(C)cc1-c1ccnc2[nH]c(C3=CCN(S(C)(=O)=O)CC3)cc12. The Morgan fingerprint density at radius 3 is 2.68 bits per heavy atom.